The van der Waals surface area contributed by atoms with Crippen LogP contribution in [0.2, 0.25) is 10.0 Å². The van der Waals surface area contributed by atoms with Crippen LogP contribution in [0.1, 0.15) is 29.4 Å². The first kappa shape index (κ1) is 20.1. The van der Waals surface area contributed by atoms with Crippen molar-refractivity contribution in [1.82, 2.24) is 9.88 Å². The largest absolute Gasteiger partial charge is 0.439 e. The maximum absolute atomic E-state index is 13.5. The minimum atomic E-state index is -0.0274. The van der Waals surface area contributed by atoms with E-state index >= 15 is 0 Å². The summed E-state index contributed by atoms with van der Waals surface area (Å²) in [5.74, 6) is 0.831. The first-order valence-electron chi connectivity index (χ1n) is 10.2. The number of nitrogens with zero attached hydrogens (tertiary/aromatic N) is 2. The van der Waals surface area contributed by atoms with Crippen LogP contribution in [0, 0.1) is 5.92 Å². The Kier molecular flexibility index (Phi) is 5.43. The van der Waals surface area contributed by atoms with Gasteiger partial charge in [-0.3, -0.25) is 4.79 Å². The summed E-state index contributed by atoms with van der Waals surface area (Å²) >= 11 is 12.2. The van der Waals surface area contributed by atoms with Gasteiger partial charge in [0.15, 0.2) is 5.58 Å². The molecule has 156 valence electrons. The molecule has 0 radical (unpaired) electrons. The topological polar surface area (TPSA) is 46.3 Å². The van der Waals surface area contributed by atoms with Crippen LogP contribution in [0.4, 0.5) is 0 Å². The fourth-order valence-electron chi connectivity index (χ4n) is 4.02. The van der Waals surface area contributed by atoms with Gasteiger partial charge in [-0.05, 0) is 53.8 Å². The Morgan fingerprint density at radius 3 is 2.58 bits per heavy atom. The molecule has 1 aliphatic carbocycles. The Morgan fingerprint density at radius 1 is 0.968 bits per heavy atom. The Balaban J connectivity index is 1.40. The normalized spacial score (nSPS) is 17.6. The SMILES string of the molecule is O=C(C1C[C@@H]1c1ccccc1)N(Cc1cccc(Cl)c1)Cc1nc2cc(Cl)ccc2o1. The highest BCUT2D eigenvalue weighted by Crippen LogP contribution is 2.48. The fraction of sp³-hybridized carbons (Fsp3) is 0.200. The number of rotatable bonds is 6. The molecule has 0 spiro atoms. The van der Waals surface area contributed by atoms with Crippen LogP contribution >= 0.6 is 23.2 Å². The lowest BCUT2D eigenvalue weighted by atomic mass is 10.1. The second-order valence-electron chi connectivity index (χ2n) is 7.90. The van der Waals surface area contributed by atoms with E-state index in [9.17, 15) is 4.79 Å². The Hall–Kier alpha value is -2.82. The first-order chi connectivity index (χ1) is 15.1. The van der Waals surface area contributed by atoms with Gasteiger partial charge in [0.05, 0.1) is 6.54 Å². The number of amides is 1. The summed E-state index contributed by atoms with van der Waals surface area (Å²) in [6.45, 7) is 0.729. The smallest absolute Gasteiger partial charge is 0.227 e. The molecular weight excluding hydrogens is 431 g/mol. The van der Waals surface area contributed by atoms with Crippen LogP contribution in [-0.4, -0.2) is 15.8 Å². The lowest BCUT2D eigenvalue weighted by Gasteiger charge is -2.22. The number of aromatic nitrogens is 1. The monoisotopic (exact) mass is 450 g/mol. The van der Waals surface area contributed by atoms with Crippen molar-refractivity contribution < 1.29 is 9.21 Å². The Morgan fingerprint density at radius 2 is 1.77 bits per heavy atom. The summed E-state index contributed by atoms with van der Waals surface area (Å²) in [5.41, 5.74) is 3.52. The van der Waals surface area contributed by atoms with Crippen molar-refractivity contribution >= 4 is 40.2 Å². The number of carbonyl (C=O) groups is 1. The van der Waals surface area contributed by atoms with Crippen molar-refractivity contribution in [3.63, 3.8) is 0 Å². The quantitative estimate of drug-likeness (QED) is 0.338. The summed E-state index contributed by atoms with van der Waals surface area (Å²) in [6, 6.07) is 23.1. The molecule has 6 heteroatoms. The molecule has 1 saturated carbocycles. The number of halogens is 2. The molecule has 31 heavy (non-hydrogen) atoms. The van der Waals surface area contributed by atoms with Gasteiger partial charge in [0, 0.05) is 22.5 Å². The average Bonchev–Trinajstić information content (AvgIpc) is 3.47. The van der Waals surface area contributed by atoms with E-state index in [1.807, 2.05) is 47.4 Å². The van der Waals surface area contributed by atoms with E-state index in [1.54, 1.807) is 18.2 Å². The molecule has 0 bridgehead atoms. The molecule has 0 saturated heterocycles. The molecule has 1 unspecified atom stereocenters. The van der Waals surface area contributed by atoms with E-state index in [4.69, 9.17) is 27.6 Å². The lowest BCUT2D eigenvalue weighted by Crippen LogP contribution is -2.32. The molecule has 1 fully saturated rings. The first-order valence-corrected chi connectivity index (χ1v) is 11.0. The summed E-state index contributed by atoms with van der Waals surface area (Å²) in [6.07, 6.45) is 0.859. The lowest BCUT2D eigenvalue weighted by molar-refractivity contribution is -0.134. The maximum Gasteiger partial charge on any atom is 0.227 e. The summed E-state index contributed by atoms with van der Waals surface area (Å²) in [7, 11) is 0. The highest BCUT2D eigenvalue weighted by Gasteiger charge is 2.45. The standard InChI is InChI=1S/C25H20Cl2N2O2/c26-18-8-4-5-16(11-18)14-29(15-24-28-22-12-19(27)9-10-23(22)31-24)25(30)21-13-20(21)17-6-2-1-3-7-17/h1-12,20-21H,13-15H2/t20-,21?/m1/s1. The molecular formula is C25H20Cl2N2O2. The highest BCUT2D eigenvalue weighted by atomic mass is 35.5. The summed E-state index contributed by atoms with van der Waals surface area (Å²) in [5, 5.41) is 1.25. The van der Waals surface area contributed by atoms with Crippen molar-refractivity contribution in [3.8, 4) is 0 Å². The molecule has 1 aromatic heterocycles. The second kappa shape index (κ2) is 8.37. The Labute approximate surface area is 190 Å². The zero-order chi connectivity index (χ0) is 21.4. The zero-order valence-corrected chi connectivity index (χ0v) is 18.2. The van der Waals surface area contributed by atoms with Crippen LogP contribution in [0.15, 0.2) is 77.2 Å². The third-order valence-electron chi connectivity index (χ3n) is 5.63. The van der Waals surface area contributed by atoms with Gasteiger partial charge in [0.25, 0.3) is 0 Å². The van der Waals surface area contributed by atoms with Gasteiger partial charge < -0.3 is 9.32 Å². The average molecular weight is 451 g/mol. The number of hydrogen-bond donors (Lipinski definition) is 0. The molecule has 5 rings (SSSR count). The van der Waals surface area contributed by atoms with Crippen molar-refractivity contribution in [2.45, 2.75) is 25.4 Å². The predicted octanol–water partition coefficient (Wildman–Crippen LogP) is 6.47. The van der Waals surface area contributed by atoms with Gasteiger partial charge in [0.1, 0.15) is 5.52 Å². The Bertz CT molecular complexity index is 1240. The van der Waals surface area contributed by atoms with Gasteiger partial charge >= 0.3 is 0 Å². The molecule has 4 aromatic rings. The molecule has 4 nitrogen and oxygen atoms in total. The van der Waals surface area contributed by atoms with Crippen LogP contribution in [0.25, 0.3) is 11.1 Å². The number of carbonyl (C=O) groups excluding carboxylic acids is 1. The molecule has 1 aliphatic rings. The van der Waals surface area contributed by atoms with Crippen LogP contribution < -0.4 is 0 Å². The van der Waals surface area contributed by atoms with Gasteiger partial charge in [-0.2, -0.15) is 0 Å². The van der Waals surface area contributed by atoms with E-state index in [0.29, 0.717) is 33.6 Å². The van der Waals surface area contributed by atoms with Crippen molar-refractivity contribution in [3.05, 3.63) is 99.9 Å². The van der Waals surface area contributed by atoms with Gasteiger partial charge in [0.2, 0.25) is 11.8 Å². The van der Waals surface area contributed by atoms with Gasteiger partial charge in [-0.15, -0.1) is 0 Å². The number of benzene rings is 3. The van der Waals surface area contributed by atoms with Crippen molar-refractivity contribution in [2.75, 3.05) is 0 Å². The predicted molar refractivity (Wildman–Crippen MR) is 122 cm³/mol. The molecule has 1 amide bonds. The van der Waals surface area contributed by atoms with Crippen LogP contribution in [0.3, 0.4) is 0 Å². The number of hydrogen-bond acceptors (Lipinski definition) is 3. The second-order valence-corrected chi connectivity index (χ2v) is 8.78. The van der Waals surface area contributed by atoms with E-state index in [2.05, 4.69) is 17.1 Å². The minimum Gasteiger partial charge on any atom is -0.439 e. The van der Waals surface area contributed by atoms with Crippen molar-refractivity contribution in [1.29, 1.82) is 0 Å². The van der Waals surface area contributed by atoms with E-state index in [-0.39, 0.29) is 24.3 Å². The highest BCUT2D eigenvalue weighted by molar-refractivity contribution is 6.31. The molecule has 3 aromatic carbocycles. The van der Waals surface area contributed by atoms with Crippen LogP contribution in [-0.2, 0) is 17.9 Å². The van der Waals surface area contributed by atoms with E-state index < -0.39 is 0 Å². The number of oxazole rings is 1. The zero-order valence-electron chi connectivity index (χ0n) is 16.7. The minimum absolute atomic E-state index is 0.0274. The molecule has 0 aliphatic heterocycles. The van der Waals surface area contributed by atoms with Gasteiger partial charge in [-0.25, -0.2) is 4.98 Å². The van der Waals surface area contributed by atoms with E-state index in [0.717, 1.165) is 12.0 Å². The molecule has 1 heterocycles. The van der Waals surface area contributed by atoms with Crippen molar-refractivity contribution in [2.24, 2.45) is 5.92 Å². The summed E-state index contributed by atoms with van der Waals surface area (Å²) in [4.78, 5) is 19.8. The third-order valence-corrected chi connectivity index (χ3v) is 6.10. The third kappa shape index (κ3) is 4.46. The van der Waals surface area contributed by atoms with E-state index in [1.165, 1.54) is 5.56 Å². The fourth-order valence-corrected chi connectivity index (χ4v) is 4.40. The molecule has 0 N–H and O–H groups in total. The summed E-state index contributed by atoms with van der Waals surface area (Å²) < 4.78 is 5.89. The maximum atomic E-state index is 13.5. The molecule has 2 atom stereocenters. The van der Waals surface area contributed by atoms with Gasteiger partial charge in [-0.1, -0.05) is 65.7 Å². The van der Waals surface area contributed by atoms with Crippen LogP contribution in [0.5, 0.6) is 0 Å². The number of fused-ring (bicyclic) bond motifs is 1.